The van der Waals surface area contributed by atoms with Gasteiger partial charge in [-0.25, -0.2) is 4.52 Å². The number of nitrogens with one attached hydrogen (secondary N) is 1. The molecule has 0 spiro atoms. The van der Waals surface area contributed by atoms with Gasteiger partial charge in [0.25, 0.3) is 0 Å². The van der Waals surface area contributed by atoms with Crippen molar-refractivity contribution in [2.45, 2.75) is 6.92 Å². The summed E-state index contributed by atoms with van der Waals surface area (Å²) in [4.78, 5) is 0. The molecule has 0 bridgehead atoms. The van der Waals surface area contributed by atoms with Crippen molar-refractivity contribution in [2.24, 2.45) is 0 Å². The summed E-state index contributed by atoms with van der Waals surface area (Å²) >= 11 is 0. The fourth-order valence-electron chi connectivity index (χ4n) is 1.13. The van der Waals surface area contributed by atoms with Crippen molar-refractivity contribution in [2.75, 3.05) is 11.9 Å². The van der Waals surface area contributed by atoms with Crippen LogP contribution in [0.2, 0.25) is 0 Å². The Balaban J connectivity index is 2.46. The molecule has 2 rings (SSSR count). The lowest BCUT2D eigenvalue weighted by molar-refractivity contribution is 0.855. The summed E-state index contributed by atoms with van der Waals surface area (Å²) < 4.78 is 1.75. The molecule has 2 aromatic rings. The van der Waals surface area contributed by atoms with E-state index in [4.69, 9.17) is 0 Å². The monoisotopic (exact) mass is 162 g/mol. The first-order chi connectivity index (χ1) is 5.90. The molecule has 0 aliphatic carbocycles. The topological polar surface area (TPSA) is 42.2 Å². The Kier molecular flexibility index (Phi) is 1.66. The van der Waals surface area contributed by atoms with Crippen LogP contribution in [0.25, 0.3) is 5.52 Å². The largest absolute Gasteiger partial charge is 0.384 e. The van der Waals surface area contributed by atoms with Crippen LogP contribution in [0.15, 0.2) is 24.5 Å². The minimum atomic E-state index is 0.917. The van der Waals surface area contributed by atoms with Crippen LogP contribution >= 0.6 is 0 Å². The fraction of sp³-hybridized carbons (Fsp3) is 0.250. The van der Waals surface area contributed by atoms with Gasteiger partial charge in [0.2, 0.25) is 0 Å². The Morgan fingerprint density at radius 1 is 1.50 bits per heavy atom. The molecule has 0 radical (unpaired) electrons. The normalized spacial score (nSPS) is 10.4. The molecule has 0 aliphatic heterocycles. The Morgan fingerprint density at radius 3 is 3.25 bits per heavy atom. The Morgan fingerprint density at radius 2 is 2.42 bits per heavy atom. The maximum atomic E-state index is 3.89. The number of hydrogen-bond acceptors (Lipinski definition) is 3. The first-order valence-corrected chi connectivity index (χ1v) is 3.94. The number of nitrogens with zero attached hydrogens (tertiary/aromatic N) is 3. The summed E-state index contributed by atoms with van der Waals surface area (Å²) in [6.07, 6.45) is 3.65. The Labute approximate surface area is 70.2 Å². The van der Waals surface area contributed by atoms with Crippen LogP contribution in [0.1, 0.15) is 6.92 Å². The highest BCUT2D eigenvalue weighted by molar-refractivity contribution is 5.51. The van der Waals surface area contributed by atoms with Gasteiger partial charge in [-0.05, 0) is 19.1 Å². The molecule has 1 N–H and O–H groups in total. The number of rotatable bonds is 2. The molecule has 0 saturated heterocycles. The van der Waals surface area contributed by atoms with Gasteiger partial charge in [0.05, 0.1) is 23.6 Å². The van der Waals surface area contributed by atoms with Gasteiger partial charge in [0.15, 0.2) is 0 Å². The molecule has 2 aromatic heterocycles. The maximum absolute atomic E-state index is 3.89. The standard InChI is InChI=1S/C8H10N4/c1-2-9-7-3-4-8-5-10-11-12(8)6-7/h3-6,9H,2H2,1H3. The highest BCUT2D eigenvalue weighted by Crippen LogP contribution is 2.08. The number of fused-ring (bicyclic) bond motifs is 1. The maximum Gasteiger partial charge on any atom is 0.0866 e. The van der Waals surface area contributed by atoms with Crippen molar-refractivity contribution in [3.8, 4) is 0 Å². The first-order valence-electron chi connectivity index (χ1n) is 3.94. The van der Waals surface area contributed by atoms with E-state index in [1.54, 1.807) is 10.7 Å². The van der Waals surface area contributed by atoms with E-state index in [9.17, 15) is 0 Å². The van der Waals surface area contributed by atoms with E-state index in [2.05, 4.69) is 22.6 Å². The van der Waals surface area contributed by atoms with Crippen LogP contribution < -0.4 is 5.32 Å². The third-order valence-electron chi connectivity index (χ3n) is 1.68. The van der Waals surface area contributed by atoms with E-state index in [0.717, 1.165) is 17.7 Å². The zero-order valence-corrected chi connectivity index (χ0v) is 6.86. The van der Waals surface area contributed by atoms with Crippen LogP contribution in [0.5, 0.6) is 0 Å². The summed E-state index contributed by atoms with van der Waals surface area (Å²) in [5, 5.41) is 10.9. The molecule has 0 aliphatic rings. The molecular weight excluding hydrogens is 152 g/mol. The van der Waals surface area contributed by atoms with E-state index in [0.29, 0.717) is 0 Å². The molecule has 62 valence electrons. The van der Waals surface area contributed by atoms with Crippen molar-refractivity contribution in [3.63, 3.8) is 0 Å². The van der Waals surface area contributed by atoms with Crippen molar-refractivity contribution < 1.29 is 0 Å². The number of hydrogen-bond donors (Lipinski definition) is 1. The molecule has 12 heavy (non-hydrogen) atoms. The average molecular weight is 162 g/mol. The molecule has 0 amide bonds. The molecular formula is C8H10N4. The summed E-state index contributed by atoms with van der Waals surface area (Å²) in [7, 11) is 0. The number of aromatic nitrogens is 3. The van der Waals surface area contributed by atoms with Crippen LogP contribution in [-0.4, -0.2) is 21.4 Å². The van der Waals surface area contributed by atoms with E-state index in [1.807, 2.05) is 18.3 Å². The predicted octanol–water partition coefficient (Wildman–Crippen LogP) is 1.16. The SMILES string of the molecule is CCNc1ccc2cnnn2c1. The van der Waals surface area contributed by atoms with Crippen molar-refractivity contribution in [1.29, 1.82) is 0 Å². The Bertz CT molecular complexity index is 379. The zero-order valence-electron chi connectivity index (χ0n) is 6.86. The first kappa shape index (κ1) is 7.09. The molecule has 0 fully saturated rings. The predicted molar refractivity (Wildman–Crippen MR) is 47.2 cm³/mol. The van der Waals surface area contributed by atoms with E-state index in [-0.39, 0.29) is 0 Å². The Hall–Kier alpha value is -1.58. The highest BCUT2D eigenvalue weighted by Gasteiger charge is 1.94. The third kappa shape index (κ3) is 1.11. The summed E-state index contributed by atoms with van der Waals surface area (Å²) in [5.74, 6) is 0. The summed E-state index contributed by atoms with van der Waals surface area (Å²) in [5.41, 5.74) is 2.08. The van der Waals surface area contributed by atoms with E-state index >= 15 is 0 Å². The van der Waals surface area contributed by atoms with Gasteiger partial charge >= 0.3 is 0 Å². The second kappa shape index (κ2) is 2.81. The van der Waals surface area contributed by atoms with Gasteiger partial charge in [-0.1, -0.05) is 5.21 Å². The third-order valence-corrected chi connectivity index (χ3v) is 1.68. The van der Waals surface area contributed by atoms with Crippen LogP contribution in [0, 0.1) is 0 Å². The quantitative estimate of drug-likeness (QED) is 0.720. The summed E-state index contributed by atoms with van der Waals surface area (Å²) in [6.45, 7) is 2.98. The van der Waals surface area contributed by atoms with E-state index < -0.39 is 0 Å². The van der Waals surface area contributed by atoms with Crippen LogP contribution in [0.4, 0.5) is 5.69 Å². The molecule has 4 nitrogen and oxygen atoms in total. The molecule has 0 aromatic carbocycles. The molecule has 0 atom stereocenters. The average Bonchev–Trinajstić information content (AvgIpc) is 2.51. The van der Waals surface area contributed by atoms with Crippen LogP contribution in [0.3, 0.4) is 0 Å². The lowest BCUT2D eigenvalue weighted by Crippen LogP contribution is -1.98. The fourth-order valence-corrected chi connectivity index (χ4v) is 1.13. The lowest BCUT2D eigenvalue weighted by Gasteiger charge is -2.01. The second-order valence-electron chi connectivity index (χ2n) is 2.55. The number of pyridine rings is 1. The van der Waals surface area contributed by atoms with Gasteiger partial charge in [-0.15, -0.1) is 5.10 Å². The minimum Gasteiger partial charge on any atom is -0.384 e. The molecule has 2 heterocycles. The van der Waals surface area contributed by atoms with Gasteiger partial charge in [0, 0.05) is 6.54 Å². The van der Waals surface area contributed by atoms with Gasteiger partial charge in [-0.2, -0.15) is 0 Å². The smallest absolute Gasteiger partial charge is 0.0866 e. The molecule has 0 saturated carbocycles. The van der Waals surface area contributed by atoms with Crippen molar-refractivity contribution in [3.05, 3.63) is 24.5 Å². The van der Waals surface area contributed by atoms with E-state index in [1.165, 1.54) is 0 Å². The zero-order chi connectivity index (χ0) is 8.39. The highest BCUT2D eigenvalue weighted by atomic mass is 15.4. The number of anilines is 1. The minimum absolute atomic E-state index is 0.917. The van der Waals surface area contributed by atoms with Gasteiger partial charge < -0.3 is 5.32 Å². The molecule has 0 unspecified atom stereocenters. The van der Waals surface area contributed by atoms with Gasteiger partial charge in [0.1, 0.15) is 0 Å². The second-order valence-corrected chi connectivity index (χ2v) is 2.55. The van der Waals surface area contributed by atoms with Crippen molar-refractivity contribution >= 4 is 11.2 Å². The molecule has 4 heteroatoms. The van der Waals surface area contributed by atoms with Crippen molar-refractivity contribution in [1.82, 2.24) is 14.8 Å². The summed E-state index contributed by atoms with van der Waals surface area (Å²) in [6, 6.07) is 4.00. The van der Waals surface area contributed by atoms with Crippen LogP contribution in [-0.2, 0) is 0 Å². The lowest BCUT2D eigenvalue weighted by atomic mass is 10.4. The van der Waals surface area contributed by atoms with Gasteiger partial charge in [-0.3, -0.25) is 0 Å².